The van der Waals surface area contributed by atoms with E-state index in [-0.39, 0.29) is 17.1 Å². The maximum absolute atomic E-state index is 12.9. The van der Waals surface area contributed by atoms with Gasteiger partial charge < -0.3 is 19.6 Å². The summed E-state index contributed by atoms with van der Waals surface area (Å²) in [5, 5.41) is 5.21. The van der Waals surface area contributed by atoms with E-state index in [4.69, 9.17) is 4.74 Å². The van der Waals surface area contributed by atoms with E-state index in [1.165, 1.54) is 13.2 Å². The maximum Gasteiger partial charge on any atom is 0.340 e. The van der Waals surface area contributed by atoms with Gasteiger partial charge in [-0.3, -0.25) is 15.1 Å². The lowest BCUT2D eigenvalue weighted by atomic mass is 10.0. The van der Waals surface area contributed by atoms with Gasteiger partial charge in [-0.25, -0.2) is 14.6 Å². The van der Waals surface area contributed by atoms with E-state index in [0.717, 1.165) is 11.4 Å². The van der Waals surface area contributed by atoms with Crippen LogP contribution in [0.4, 0.5) is 10.7 Å². The van der Waals surface area contributed by atoms with Crippen LogP contribution in [0.1, 0.15) is 28.7 Å². The highest BCUT2D eigenvalue weighted by Gasteiger charge is 2.18. The first-order valence-corrected chi connectivity index (χ1v) is 10.7. The number of nitrogens with one attached hydrogen (secondary N) is 3. The molecule has 10 heteroatoms. The molecule has 3 aromatic heterocycles. The fraction of sp³-hybridized carbons (Fsp3) is 0.208. The predicted octanol–water partition coefficient (Wildman–Crippen LogP) is 3.07. The van der Waals surface area contributed by atoms with E-state index in [1.54, 1.807) is 29.8 Å². The van der Waals surface area contributed by atoms with Gasteiger partial charge in [0.2, 0.25) is 5.95 Å². The first-order chi connectivity index (χ1) is 16.4. The van der Waals surface area contributed by atoms with Gasteiger partial charge >= 0.3 is 12.0 Å². The lowest BCUT2D eigenvalue weighted by molar-refractivity contribution is 0.0603. The number of benzene rings is 1. The number of rotatable bonds is 6. The van der Waals surface area contributed by atoms with Crippen molar-refractivity contribution >= 4 is 29.0 Å². The minimum atomic E-state index is -0.569. The molecule has 0 atom stereocenters. The molecular weight excluding hydrogens is 436 g/mol. The molecule has 174 valence electrons. The highest BCUT2D eigenvalue weighted by Crippen LogP contribution is 2.28. The van der Waals surface area contributed by atoms with Crippen LogP contribution in [-0.2, 0) is 11.3 Å². The van der Waals surface area contributed by atoms with Crippen LogP contribution >= 0.6 is 0 Å². The number of esters is 1. The molecule has 3 heterocycles. The number of fused-ring (bicyclic) bond motifs is 1. The van der Waals surface area contributed by atoms with Crippen LogP contribution in [0.2, 0.25) is 0 Å². The number of aromatic nitrogens is 4. The zero-order chi connectivity index (χ0) is 24.2. The van der Waals surface area contributed by atoms with Crippen molar-refractivity contribution in [3.8, 4) is 11.1 Å². The molecule has 34 heavy (non-hydrogen) atoms. The van der Waals surface area contributed by atoms with Crippen molar-refractivity contribution in [2.24, 2.45) is 0 Å². The summed E-state index contributed by atoms with van der Waals surface area (Å²) in [6.07, 6.45) is 1.69. The summed E-state index contributed by atoms with van der Waals surface area (Å²) in [5.74, 6) is -0.384. The largest absolute Gasteiger partial charge is 0.465 e. The molecule has 1 aromatic carbocycles. The maximum atomic E-state index is 12.9. The molecule has 2 amide bonds. The highest BCUT2D eigenvalue weighted by molar-refractivity contribution is 6.05. The van der Waals surface area contributed by atoms with Crippen molar-refractivity contribution in [1.82, 2.24) is 24.8 Å². The van der Waals surface area contributed by atoms with Gasteiger partial charge in [0.25, 0.3) is 5.56 Å². The number of ether oxygens (including phenoxy) is 1. The van der Waals surface area contributed by atoms with Crippen LogP contribution in [0.3, 0.4) is 0 Å². The van der Waals surface area contributed by atoms with Crippen molar-refractivity contribution in [1.29, 1.82) is 0 Å². The number of aryl methyl sites for hydroxylation is 1. The summed E-state index contributed by atoms with van der Waals surface area (Å²) < 4.78 is 6.57. The second-order valence-corrected chi connectivity index (χ2v) is 7.61. The number of anilines is 1. The first kappa shape index (κ1) is 22.7. The van der Waals surface area contributed by atoms with Gasteiger partial charge in [-0.05, 0) is 55.3 Å². The number of nitrogens with zero attached hydrogens (tertiary/aromatic N) is 3. The van der Waals surface area contributed by atoms with Crippen molar-refractivity contribution in [2.75, 3.05) is 19.0 Å². The Morgan fingerprint density at radius 1 is 1.15 bits per heavy atom. The standard InChI is InChI=1S/C24H24N6O4/c1-4-25-24(33)29-23-27-19-11-16(10-18(21(19)28-23)22(32)34-3)15-9-14(2)30(20(31)12-15)13-17-7-5-6-8-26-17/h5-12H,4,13H2,1-3H3,(H3,25,27,28,29,33). The van der Waals surface area contributed by atoms with E-state index < -0.39 is 12.0 Å². The monoisotopic (exact) mass is 460 g/mol. The van der Waals surface area contributed by atoms with Crippen LogP contribution in [0.15, 0.2) is 53.5 Å². The molecular formula is C24H24N6O4. The number of H-pyrrole nitrogens is 1. The van der Waals surface area contributed by atoms with E-state index in [0.29, 0.717) is 35.2 Å². The van der Waals surface area contributed by atoms with Gasteiger partial charge in [0.1, 0.15) is 0 Å². The fourth-order valence-electron chi connectivity index (χ4n) is 3.67. The molecule has 0 saturated carbocycles. The van der Waals surface area contributed by atoms with Crippen LogP contribution in [0.5, 0.6) is 0 Å². The van der Waals surface area contributed by atoms with Gasteiger partial charge in [-0.2, -0.15) is 0 Å². The number of methoxy groups -OCH3 is 1. The quantitative estimate of drug-likeness (QED) is 0.379. The third kappa shape index (κ3) is 4.65. The molecule has 0 spiro atoms. The van der Waals surface area contributed by atoms with E-state index in [1.807, 2.05) is 31.2 Å². The number of hydrogen-bond acceptors (Lipinski definition) is 6. The van der Waals surface area contributed by atoms with Crippen LogP contribution in [0, 0.1) is 6.92 Å². The number of hydrogen-bond donors (Lipinski definition) is 3. The molecule has 0 aliphatic carbocycles. The molecule has 0 radical (unpaired) electrons. The van der Waals surface area contributed by atoms with Crippen LogP contribution < -0.4 is 16.2 Å². The van der Waals surface area contributed by atoms with Gasteiger partial charge in [0, 0.05) is 24.5 Å². The molecule has 4 aromatic rings. The van der Waals surface area contributed by atoms with Crippen molar-refractivity contribution in [3.63, 3.8) is 0 Å². The van der Waals surface area contributed by atoms with Gasteiger partial charge in [0.15, 0.2) is 0 Å². The number of aromatic amines is 1. The molecule has 3 N–H and O–H groups in total. The molecule has 4 rings (SSSR count). The van der Waals surface area contributed by atoms with Gasteiger partial charge in [-0.15, -0.1) is 0 Å². The zero-order valence-corrected chi connectivity index (χ0v) is 19.0. The normalized spacial score (nSPS) is 10.8. The molecule has 0 bridgehead atoms. The molecule has 0 aliphatic rings. The minimum absolute atomic E-state index is 0.185. The fourth-order valence-corrected chi connectivity index (χ4v) is 3.67. The lowest BCUT2D eigenvalue weighted by Crippen LogP contribution is -2.28. The molecule has 0 unspecified atom stereocenters. The Labute approximate surface area is 195 Å². The lowest BCUT2D eigenvalue weighted by Gasteiger charge is -2.12. The third-order valence-corrected chi connectivity index (χ3v) is 5.28. The average molecular weight is 460 g/mol. The Bertz CT molecular complexity index is 1420. The molecule has 0 saturated heterocycles. The summed E-state index contributed by atoms with van der Waals surface area (Å²) in [4.78, 5) is 48.9. The number of carbonyl (C=O) groups excluding carboxylic acids is 2. The molecule has 10 nitrogen and oxygen atoms in total. The topological polar surface area (TPSA) is 131 Å². The Morgan fingerprint density at radius 2 is 1.94 bits per heavy atom. The minimum Gasteiger partial charge on any atom is -0.465 e. The van der Waals surface area contributed by atoms with Crippen LogP contribution in [0.25, 0.3) is 22.2 Å². The summed E-state index contributed by atoms with van der Waals surface area (Å²) in [6.45, 7) is 4.45. The van der Waals surface area contributed by atoms with Gasteiger partial charge in [-0.1, -0.05) is 6.07 Å². The van der Waals surface area contributed by atoms with Crippen molar-refractivity contribution in [3.05, 3.63) is 76.0 Å². The Balaban J connectivity index is 1.77. The smallest absolute Gasteiger partial charge is 0.340 e. The van der Waals surface area contributed by atoms with E-state index >= 15 is 0 Å². The second-order valence-electron chi connectivity index (χ2n) is 7.61. The second kappa shape index (κ2) is 9.57. The van der Waals surface area contributed by atoms with Crippen molar-refractivity contribution < 1.29 is 14.3 Å². The van der Waals surface area contributed by atoms with E-state index in [2.05, 4.69) is 25.6 Å². The number of imidazole rings is 1. The Kier molecular flexibility index (Phi) is 6.39. The summed E-state index contributed by atoms with van der Waals surface area (Å²) in [5.41, 5.74) is 3.68. The summed E-state index contributed by atoms with van der Waals surface area (Å²) in [6, 6.07) is 11.9. The zero-order valence-electron chi connectivity index (χ0n) is 19.0. The number of carbonyl (C=O) groups is 2. The molecule has 0 fully saturated rings. The van der Waals surface area contributed by atoms with E-state index in [9.17, 15) is 14.4 Å². The number of urea groups is 1. The summed E-state index contributed by atoms with van der Waals surface area (Å²) in [7, 11) is 1.29. The Morgan fingerprint density at radius 3 is 2.62 bits per heavy atom. The molecule has 0 aliphatic heterocycles. The van der Waals surface area contributed by atoms with Gasteiger partial charge in [0.05, 0.1) is 35.9 Å². The summed E-state index contributed by atoms with van der Waals surface area (Å²) >= 11 is 0. The first-order valence-electron chi connectivity index (χ1n) is 10.7. The van der Waals surface area contributed by atoms with Crippen molar-refractivity contribution in [2.45, 2.75) is 20.4 Å². The third-order valence-electron chi connectivity index (χ3n) is 5.28. The Hall–Kier alpha value is -4.47. The predicted molar refractivity (Wildman–Crippen MR) is 128 cm³/mol. The van der Waals surface area contributed by atoms with Crippen LogP contribution in [-0.4, -0.2) is 45.2 Å². The number of pyridine rings is 2. The number of amides is 2. The highest BCUT2D eigenvalue weighted by atomic mass is 16.5. The average Bonchev–Trinajstić information content (AvgIpc) is 3.23. The SMILES string of the molecule is CCNC(=O)Nc1nc2cc(-c3cc(C)n(Cc4ccccn4)c(=O)c3)cc(C(=O)OC)c2[nH]1.